The largest absolute Gasteiger partial charge is 0.324 e. The van der Waals surface area contributed by atoms with Crippen LogP contribution >= 0.6 is 10.7 Å². The summed E-state index contributed by atoms with van der Waals surface area (Å²) in [5.74, 6) is 0.0775. The Bertz CT molecular complexity index is 366. The molecule has 0 N–H and O–H groups in total. The second kappa shape index (κ2) is 3.94. The molecule has 1 heterocycles. The lowest BCUT2D eigenvalue weighted by molar-refractivity contribution is -0.144. The minimum absolute atomic E-state index is 0.270. The van der Waals surface area contributed by atoms with Gasteiger partial charge in [-0.05, 0) is 25.7 Å². The molecule has 1 saturated heterocycles. The molecule has 0 aliphatic carbocycles. The lowest BCUT2D eigenvalue weighted by Gasteiger charge is -2.47. The molecule has 1 amide bonds. The number of β-lactam (4-membered cyclic amide) rings is 1. The minimum Gasteiger partial charge on any atom is -0.274 e. The van der Waals surface area contributed by atoms with Gasteiger partial charge in [-0.15, -0.1) is 0 Å². The van der Waals surface area contributed by atoms with Crippen molar-refractivity contribution >= 4 is 25.8 Å². The Morgan fingerprint density at radius 3 is 2.40 bits per heavy atom. The Kier molecular flexibility index (Phi) is 3.36. The van der Waals surface area contributed by atoms with Crippen LogP contribution in [0.15, 0.2) is 0 Å². The molecular weight excluding hydrogens is 238 g/mol. The van der Waals surface area contributed by atoms with Crippen molar-refractivity contribution in [3.05, 3.63) is 0 Å². The average molecular weight is 254 g/mol. The number of rotatable bonds is 4. The predicted octanol–water partition coefficient (Wildman–Crippen LogP) is 1.90. The smallest absolute Gasteiger partial charge is 0.274 e. The molecule has 0 bridgehead atoms. The Morgan fingerprint density at radius 2 is 2.07 bits per heavy atom. The number of halogens is 1. The highest BCUT2D eigenvalue weighted by Gasteiger charge is 2.52. The van der Waals surface area contributed by atoms with Gasteiger partial charge in [0.2, 0.25) is 5.91 Å². The van der Waals surface area contributed by atoms with Crippen LogP contribution in [0.4, 0.5) is 0 Å². The second-order valence-electron chi connectivity index (χ2n) is 4.71. The monoisotopic (exact) mass is 253 g/mol. The average Bonchev–Trinajstić information content (AvgIpc) is 1.96. The maximum Gasteiger partial charge on any atom is 0.324 e. The van der Waals surface area contributed by atoms with Crippen LogP contribution in [-0.4, -0.2) is 24.2 Å². The fourth-order valence-electron chi connectivity index (χ4n) is 1.85. The molecule has 0 aromatic carbocycles. The van der Waals surface area contributed by atoms with Crippen molar-refractivity contribution in [1.29, 1.82) is 0 Å². The number of carbonyl (C=O) groups excluding carboxylic acids is 1. The number of carbonyl (C=O) groups is 1. The Labute approximate surface area is 95.1 Å². The van der Waals surface area contributed by atoms with Crippen LogP contribution in [0.2, 0.25) is 0 Å². The first-order valence-corrected chi connectivity index (χ1v) is 7.21. The van der Waals surface area contributed by atoms with Crippen LogP contribution in [0.25, 0.3) is 0 Å². The Morgan fingerprint density at radius 1 is 1.53 bits per heavy atom. The molecule has 15 heavy (non-hydrogen) atoms. The SMILES string of the molecule is CC(C)CCC1(C)CC(=O)N1S(=O)(=O)Cl. The van der Waals surface area contributed by atoms with Crippen molar-refractivity contribution in [1.82, 2.24) is 4.31 Å². The van der Waals surface area contributed by atoms with E-state index in [0.29, 0.717) is 12.3 Å². The van der Waals surface area contributed by atoms with Crippen LogP contribution in [0.5, 0.6) is 0 Å². The van der Waals surface area contributed by atoms with E-state index in [-0.39, 0.29) is 6.42 Å². The number of hydrogen-bond acceptors (Lipinski definition) is 3. The minimum atomic E-state index is -3.91. The molecule has 1 atom stereocenters. The van der Waals surface area contributed by atoms with E-state index in [1.165, 1.54) is 0 Å². The van der Waals surface area contributed by atoms with Crippen LogP contribution in [0.3, 0.4) is 0 Å². The molecule has 4 nitrogen and oxygen atoms in total. The summed E-state index contributed by atoms with van der Waals surface area (Å²) < 4.78 is 23.1. The zero-order chi connectivity index (χ0) is 11.9. The Hall–Kier alpha value is -0.290. The van der Waals surface area contributed by atoms with Crippen molar-refractivity contribution in [3.63, 3.8) is 0 Å². The predicted molar refractivity (Wildman–Crippen MR) is 58.7 cm³/mol. The molecule has 1 aliphatic rings. The van der Waals surface area contributed by atoms with Crippen LogP contribution in [0, 0.1) is 5.92 Å². The summed E-state index contributed by atoms with van der Waals surface area (Å²) in [4.78, 5) is 11.2. The molecule has 0 saturated carbocycles. The first-order valence-electron chi connectivity index (χ1n) is 4.95. The fourth-order valence-corrected chi connectivity index (χ4v) is 3.57. The van der Waals surface area contributed by atoms with Gasteiger partial charge in [0.25, 0.3) is 0 Å². The molecule has 1 fully saturated rings. The zero-order valence-electron chi connectivity index (χ0n) is 9.16. The molecule has 0 aromatic rings. The van der Waals surface area contributed by atoms with E-state index >= 15 is 0 Å². The van der Waals surface area contributed by atoms with Gasteiger partial charge in [0.15, 0.2) is 0 Å². The maximum absolute atomic E-state index is 11.2. The molecule has 88 valence electrons. The summed E-state index contributed by atoms with van der Waals surface area (Å²) in [6.07, 6.45) is 1.82. The van der Waals surface area contributed by atoms with Gasteiger partial charge >= 0.3 is 9.24 Å². The van der Waals surface area contributed by atoms with Gasteiger partial charge in [-0.25, -0.2) is 4.31 Å². The van der Waals surface area contributed by atoms with Gasteiger partial charge < -0.3 is 0 Å². The zero-order valence-corrected chi connectivity index (χ0v) is 10.7. The number of hydrogen-bond donors (Lipinski definition) is 0. The van der Waals surface area contributed by atoms with Crippen molar-refractivity contribution in [2.45, 2.75) is 45.6 Å². The number of amides is 1. The highest BCUT2D eigenvalue weighted by atomic mass is 35.7. The lowest BCUT2D eigenvalue weighted by Crippen LogP contribution is -2.62. The van der Waals surface area contributed by atoms with Gasteiger partial charge in [0.1, 0.15) is 0 Å². The van der Waals surface area contributed by atoms with Crippen LogP contribution in [0.1, 0.15) is 40.0 Å². The van der Waals surface area contributed by atoms with Crippen molar-refractivity contribution < 1.29 is 13.2 Å². The highest BCUT2D eigenvalue weighted by Crippen LogP contribution is 2.40. The van der Waals surface area contributed by atoms with Crippen molar-refractivity contribution in [2.24, 2.45) is 5.92 Å². The molecule has 0 spiro atoms. The van der Waals surface area contributed by atoms with Gasteiger partial charge in [0.05, 0.1) is 12.0 Å². The van der Waals surface area contributed by atoms with E-state index < -0.39 is 20.7 Å². The molecular formula is C9H16ClNO3S. The van der Waals surface area contributed by atoms with Crippen molar-refractivity contribution in [3.8, 4) is 0 Å². The molecule has 1 unspecified atom stereocenters. The summed E-state index contributed by atoms with van der Waals surface area (Å²) in [5, 5.41) is 0. The van der Waals surface area contributed by atoms with Gasteiger partial charge in [-0.3, -0.25) is 4.79 Å². The van der Waals surface area contributed by atoms with Gasteiger partial charge in [-0.1, -0.05) is 13.8 Å². The molecule has 1 rings (SSSR count). The lowest BCUT2D eigenvalue weighted by atomic mass is 9.83. The standard InChI is InChI=1S/C9H16ClNO3S/c1-7(2)4-5-9(3)6-8(12)11(9)15(10,13)14/h7H,4-6H2,1-3H3. The maximum atomic E-state index is 11.2. The second-order valence-corrected chi connectivity index (χ2v) is 7.07. The van der Waals surface area contributed by atoms with Crippen LogP contribution in [-0.2, 0) is 14.0 Å². The third kappa shape index (κ3) is 2.64. The van der Waals surface area contributed by atoms with E-state index in [4.69, 9.17) is 10.7 Å². The summed E-state index contributed by atoms with van der Waals surface area (Å²) in [6, 6.07) is 0. The first kappa shape index (κ1) is 12.8. The van der Waals surface area contributed by atoms with E-state index in [9.17, 15) is 13.2 Å². The summed E-state index contributed by atoms with van der Waals surface area (Å²) in [5.41, 5.74) is -0.609. The van der Waals surface area contributed by atoms with E-state index in [2.05, 4.69) is 13.8 Å². The summed E-state index contributed by atoms with van der Waals surface area (Å²) >= 11 is 0. The first-order chi connectivity index (χ1) is 6.67. The highest BCUT2D eigenvalue weighted by molar-refractivity contribution is 8.12. The topological polar surface area (TPSA) is 54.5 Å². The third-order valence-corrected chi connectivity index (χ3v) is 4.22. The third-order valence-electron chi connectivity index (χ3n) is 2.73. The van der Waals surface area contributed by atoms with Crippen LogP contribution < -0.4 is 0 Å². The number of nitrogens with zero attached hydrogens (tertiary/aromatic N) is 1. The van der Waals surface area contributed by atoms with E-state index in [0.717, 1.165) is 10.7 Å². The van der Waals surface area contributed by atoms with Gasteiger partial charge in [0, 0.05) is 10.7 Å². The fraction of sp³-hybridized carbons (Fsp3) is 0.889. The van der Waals surface area contributed by atoms with E-state index in [1.807, 2.05) is 0 Å². The molecule has 0 radical (unpaired) electrons. The summed E-state index contributed by atoms with van der Waals surface area (Å²) in [6.45, 7) is 5.88. The molecule has 1 aliphatic heterocycles. The summed E-state index contributed by atoms with van der Waals surface area (Å²) in [7, 11) is 1.29. The molecule has 0 aromatic heterocycles. The van der Waals surface area contributed by atoms with Gasteiger partial charge in [-0.2, -0.15) is 8.42 Å². The van der Waals surface area contributed by atoms with E-state index in [1.54, 1.807) is 6.92 Å². The Balaban J connectivity index is 2.75. The molecule has 6 heteroatoms. The van der Waals surface area contributed by atoms with Crippen molar-refractivity contribution in [2.75, 3.05) is 0 Å². The quantitative estimate of drug-likeness (QED) is 0.568. The normalized spacial score (nSPS) is 27.0.